The van der Waals surface area contributed by atoms with Crippen molar-refractivity contribution in [2.24, 2.45) is 5.84 Å². The number of rotatable bonds is 7. The van der Waals surface area contributed by atoms with Gasteiger partial charge in [0.2, 0.25) is 11.6 Å². The van der Waals surface area contributed by atoms with Crippen LogP contribution in [0.1, 0.15) is 6.92 Å². The van der Waals surface area contributed by atoms with Crippen LogP contribution in [0.15, 0.2) is 6.33 Å². The van der Waals surface area contributed by atoms with Crippen molar-refractivity contribution in [2.45, 2.75) is 12.5 Å². The minimum Gasteiger partial charge on any atom is -0.387 e. The van der Waals surface area contributed by atoms with E-state index in [0.29, 0.717) is 6.54 Å². The predicted molar refractivity (Wildman–Crippen MR) is 74.2 cm³/mol. The van der Waals surface area contributed by atoms with E-state index in [4.69, 9.17) is 5.84 Å². The largest absolute Gasteiger partial charge is 0.387 e. The first kappa shape index (κ1) is 16.0. The Balaban J connectivity index is 2.90. The number of likely N-dealkylation sites (N-methyl/N-ethyl adjacent to an activating group) is 1. The second kappa shape index (κ2) is 6.41. The number of nitrogens with one attached hydrogen (secondary N) is 2. The summed E-state index contributed by atoms with van der Waals surface area (Å²) in [4.78, 5) is 19.7. The lowest BCUT2D eigenvalue weighted by Gasteiger charge is -2.27. The average Bonchev–Trinajstić information content (AvgIpc) is 2.34. The highest BCUT2D eigenvalue weighted by Gasteiger charge is 2.26. The predicted octanol–water partition coefficient (Wildman–Crippen LogP) is -0.605. The Morgan fingerprint density at radius 3 is 2.60 bits per heavy atom. The first-order chi connectivity index (χ1) is 9.26. The van der Waals surface area contributed by atoms with Crippen LogP contribution in [0.25, 0.3) is 0 Å². The summed E-state index contributed by atoms with van der Waals surface area (Å²) in [6.07, 6.45) is 1.14. The first-order valence-corrected chi connectivity index (χ1v) is 5.84. The van der Waals surface area contributed by atoms with Crippen molar-refractivity contribution in [2.75, 3.05) is 37.9 Å². The highest BCUT2D eigenvalue weighted by molar-refractivity contribution is 5.68. The molecule has 1 heterocycles. The van der Waals surface area contributed by atoms with Gasteiger partial charge in [0.05, 0.1) is 10.5 Å². The van der Waals surface area contributed by atoms with Crippen LogP contribution in [0.3, 0.4) is 0 Å². The molecule has 1 aromatic heterocycles. The van der Waals surface area contributed by atoms with Gasteiger partial charge in [0.1, 0.15) is 6.33 Å². The maximum Gasteiger partial charge on any atom is 0.354 e. The van der Waals surface area contributed by atoms with Gasteiger partial charge in [0, 0.05) is 13.1 Å². The maximum absolute atomic E-state index is 11.0. The summed E-state index contributed by atoms with van der Waals surface area (Å²) in [5.41, 5.74) is 0.707. The lowest BCUT2D eigenvalue weighted by atomic mass is 10.1. The van der Waals surface area contributed by atoms with Crippen molar-refractivity contribution in [1.29, 1.82) is 0 Å². The van der Waals surface area contributed by atoms with E-state index < -0.39 is 10.5 Å². The lowest BCUT2D eigenvalue weighted by Crippen LogP contribution is -2.43. The van der Waals surface area contributed by atoms with Crippen LogP contribution in [0.4, 0.5) is 17.3 Å². The van der Waals surface area contributed by atoms with E-state index in [-0.39, 0.29) is 23.9 Å². The van der Waals surface area contributed by atoms with Crippen molar-refractivity contribution < 1.29 is 10.0 Å². The van der Waals surface area contributed by atoms with Crippen LogP contribution in [0.2, 0.25) is 0 Å². The van der Waals surface area contributed by atoms with Gasteiger partial charge in [0.25, 0.3) is 0 Å². The number of nitro groups is 1. The Hall–Kier alpha value is -2.04. The van der Waals surface area contributed by atoms with Crippen molar-refractivity contribution in [3.05, 3.63) is 16.4 Å². The molecule has 10 heteroatoms. The molecule has 0 bridgehead atoms. The van der Waals surface area contributed by atoms with Gasteiger partial charge in [-0.1, -0.05) is 0 Å². The fourth-order valence-corrected chi connectivity index (χ4v) is 1.80. The molecular formula is C10H19N7O3. The van der Waals surface area contributed by atoms with E-state index in [0.717, 1.165) is 6.33 Å². The van der Waals surface area contributed by atoms with Crippen LogP contribution >= 0.6 is 0 Å². The van der Waals surface area contributed by atoms with E-state index in [2.05, 4.69) is 20.7 Å². The molecule has 0 saturated carbocycles. The molecule has 0 aromatic carbocycles. The van der Waals surface area contributed by atoms with Crippen molar-refractivity contribution >= 4 is 17.3 Å². The summed E-state index contributed by atoms with van der Waals surface area (Å²) < 4.78 is 0. The third-order valence-electron chi connectivity index (χ3n) is 2.44. The molecule has 0 spiro atoms. The molecule has 1 rings (SSSR count). The van der Waals surface area contributed by atoms with Gasteiger partial charge < -0.3 is 20.7 Å². The molecule has 0 fully saturated rings. The smallest absolute Gasteiger partial charge is 0.354 e. The summed E-state index contributed by atoms with van der Waals surface area (Å²) in [5, 5.41) is 23.9. The van der Waals surface area contributed by atoms with E-state index in [1.54, 1.807) is 6.92 Å². The Bertz CT molecular complexity index is 478. The monoisotopic (exact) mass is 285 g/mol. The van der Waals surface area contributed by atoms with Gasteiger partial charge >= 0.3 is 5.69 Å². The van der Waals surface area contributed by atoms with E-state index in [1.807, 2.05) is 19.0 Å². The average molecular weight is 285 g/mol. The molecule has 112 valence electrons. The number of aliphatic hydroxyl groups is 1. The summed E-state index contributed by atoms with van der Waals surface area (Å²) in [7, 11) is 3.64. The number of aromatic nitrogens is 2. The summed E-state index contributed by atoms with van der Waals surface area (Å²) in [6.45, 7) is 2.10. The zero-order valence-corrected chi connectivity index (χ0v) is 11.6. The molecule has 1 aromatic rings. The molecule has 0 amide bonds. The Labute approximate surface area is 116 Å². The highest BCUT2D eigenvalue weighted by atomic mass is 16.6. The fraction of sp³-hybridized carbons (Fsp3) is 0.600. The third kappa shape index (κ3) is 4.26. The molecule has 0 aliphatic heterocycles. The second-order valence-corrected chi connectivity index (χ2v) is 4.91. The number of anilines is 2. The van der Waals surface area contributed by atoms with Crippen LogP contribution in [-0.4, -0.2) is 57.7 Å². The zero-order chi connectivity index (χ0) is 15.3. The van der Waals surface area contributed by atoms with Crippen molar-refractivity contribution in [1.82, 2.24) is 14.9 Å². The van der Waals surface area contributed by atoms with Gasteiger partial charge in [-0.25, -0.2) is 15.8 Å². The second-order valence-electron chi connectivity index (χ2n) is 4.91. The summed E-state index contributed by atoms with van der Waals surface area (Å²) in [5.74, 6) is 5.08. The molecule has 5 N–H and O–H groups in total. The quantitative estimate of drug-likeness (QED) is 0.293. The van der Waals surface area contributed by atoms with Gasteiger partial charge in [-0.2, -0.15) is 0 Å². The number of hydrogen-bond acceptors (Lipinski definition) is 9. The summed E-state index contributed by atoms with van der Waals surface area (Å²) >= 11 is 0. The Morgan fingerprint density at radius 1 is 1.50 bits per heavy atom. The Morgan fingerprint density at radius 2 is 2.10 bits per heavy atom. The first-order valence-electron chi connectivity index (χ1n) is 5.84. The van der Waals surface area contributed by atoms with Crippen LogP contribution in [-0.2, 0) is 0 Å². The molecule has 0 saturated heterocycles. The lowest BCUT2D eigenvalue weighted by molar-refractivity contribution is -0.383. The number of nitrogens with two attached hydrogens (primary N) is 1. The highest BCUT2D eigenvalue weighted by Crippen LogP contribution is 2.28. The van der Waals surface area contributed by atoms with Crippen molar-refractivity contribution in [3.8, 4) is 0 Å². The molecular weight excluding hydrogens is 266 g/mol. The molecule has 0 aliphatic carbocycles. The van der Waals surface area contributed by atoms with Crippen LogP contribution < -0.4 is 16.6 Å². The molecule has 0 aliphatic rings. The van der Waals surface area contributed by atoms with Crippen LogP contribution in [0, 0.1) is 10.1 Å². The minimum absolute atomic E-state index is 0.00280. The SMILES string of the molecule is CN(C)CC(C)(O)CNc1ncnc(NN)c1[N+](=O)[O-]. The van der Waals surface area contributed by atoms with Crippen LogP contribution in [0.5, 0.6) is 0 Å². The topological polar surface area (TPSA) is 142 Å². The van der Waals surface area contributed by atoms with Crippen molar-refractivity contribution in [3.63, 3.8) is 0 Å². The van der Waals surface area contributed by atoms with Gasteiger partial charge in [-0.05, 0) is 21.0 Å². The molecule has 10 nitrogen and oxygen atoms in total. The number of nitrogens with zero attached hydrogens (tertiary/aromatic N) is 4. The minimum atomic E-state index is -1.07. The van der Waals surface area contributed by atoms with Gasteiger partial charge in [-0.15, -0.1) is 0 Å². The third-order valence-corrected chi connectivity index (χ3v) is 2.44. The van der Waals surface area contributed by atoms with E-state index >= 15 is 0 Å². The standard InChI is InChI=1S/C10H19N7O3/c1-10(18,5-16(2)3)4-12-8-7(17(19)20)9(15-11)14-6-13-8/h6,18H,4-5,11H2,1-3H3,(H2,12,13,14,15). The number of hydrogen-bond donors (Lipinski definition) is 4. The molecule has 20 heavy (non-hydrogen) atoms. The molecule has 1 unspecified atom stereocenters. The van der Waals surface area contributed by atoms with E-state index in [9.17, 15) is 15.2 Å². The number of nitrogen functional groups attached to an aromatic ring is 1. The maximum atomic E-state index is 11.0. The Kier molecular flexibility index (Phi) is 5.13. The van der Waals surface area contributed by atoms with Gasteiger partial charge in [0.15, 0.2) is 0 Å². The molecule has 0 radical (unpaired) electrons. The molecule has 1 atom stereocenters. The van der Waals surface area contributed by atoms with Gasteiger partial charge in [-0.3, -0.25) is 10.1 Å². The summed E-state index contributed by atoms with van der Waals surface area (Å²) in [6, 6.07) is 0. The van der Waals surface area contributed by atoms with E-state index in [1.165, 1.54) is 0 Å². The number of hydrazine groups is 1. The fourth-order valence-electron chi connectivity index (χ4n) is 1.80. The zero-order valence-electron chi connectivity index (χ0n) is 11.6. The normalized spacial score (nSPS) is 13.9.